The fourth-order valence-electron chi connectivity index (χ4n) is 3.61. The van der Waals surface area contributed by atoms with Gasteiger partial charge in [0, 0.05) is 12.7 Å². The van der Waals surface area contributed by atoms with Crippen LogP contribution in [0.3, 0.4) is 0 Å². The third-order valence-electron chi connectivity index (χ3n) is 5.32. The van der Waals surface area contributed by atoms with Crippen molar-refractivity contribution < 1.29 is 9.53 Å². The first kappa shape index (κ1) is 20.4. The van der Waals surface area contributed by atoms with Gasteiger partial charge < -0.3 is 10.1 Å². The van der Waals surface area contributed by atoms with Crippen molar-refractivity contribution in [1.29, 1.82) is 0 Å². The molecule has 2 heterocycles. The molecule has 0 saturated carbocycles. The van der Waals surface area contributed by atoms with Gasteiger partial charge in [-0.15, -0.1) is 0 Å². The maximum Gasteiger partial charge on any atom is 0.254 e. The summed E-state index contributed by atoms with van der Waals surface area (Å²) in [6.07, 6.45) is 7.16. The lowest BCUT2D eigenvalue weighted by Crippen LogP contribution is -2.40. The van der Waals surface area contributed by atoms with Gasteiger partial charge in [0.2, 0.25) is 0 Å². The molecule has 1 amide bonds. The number of hydrogen-bond donors (Lipinski definition) is 1. The number of carbonyl (C=O) groups excluding carboxylic acids is 1. The average Bonchev–Trinajstić information content (AvgIpc) is 3.20. The Bertz CT molecular complexity index is 771. The number of piperidine rings is 1. The summed E-state index contributed by atoms with van der Waals surface area (Å²) < 4.78 is 7.11. The standard InChI is InChI=1S/C22H32N4O2/c1-22(2,3)26-16-18(14-24-26)21(27)23-15-20(25-12-6-5-7-13-25)17-8-10-19(28-4)11-9-17/h8-11,14,16,20H,5-7,12-13,15H2,1-4H3,(H,23,27)/t20-/m0/s1. The van der Waals surface area contributed by atoms with Crippen molar-refractivity contribution in [3.05, 3.63) is 47.8 Å². The molecule has 3 rings (SSSR count). The summed E-state index contributed by atoms with van der Waals surface area (Å²) in [6, 6.07) is 8.33. The van der Waals surface area contributed by atoms with Crippen LogP contribution in [-0.4, -0.2) is 47.3 Å². The molecule has 1 aromatic carbocycles. The van der Waals surface area contributed by atoms with E-state index in [1.165, 1.54) is 24.8 Å². The quantitative estimate of drug-likeness (QED) is 0.827. The van der Waals surface area contributed by atoms with Crippen molar-refractivity contribution in [1.82, 2.24) is 20.0 Å². The largest absolute Gasteiger partial charge is 0.497 e. The molecule has 1 fully saturated rings. The summed E-state index contributed by atoms with van der Waals surface area (Å²) in [4.78, 5) is 15.2. The predicted molar refractivity (Wildman–Crippen MR) is 111 cm³/mol. The Morgan fingerprint density at radius 1 is 1.18 bits per heavy atom. The minimum Gasteiger partial charge on any atom is -0.497 e. The molecular formula is C22H32N4O2. The van der Waals surface area contributed by atoms with Crippen LogP contribution in [0.4, 0.5) is 0 Å². The van der Waals surface area contributed by atoms with Crippen molar-refractivity contribution in [3.8, 4) is 5.75 Å². The second kappa shape index (κ2) is 8.78. The normalized spacial score (nSPS) is 16.6. The van der Waals surface area contributed by atoms with Crippen molar-refractivity contribution in [3.63, 3.8) is 0 Å². The zero-order chi connectivity index (χ0) is 20.1. The lowest BCUT2D eigenvalue weighted by Gasteiger charge is -2.35. The summed E-state index contributed by atoms with van der Waals surface area (Å²) in [5.41, 5.74) is 1.66. The second-order valence-corrected chi connectivity index (χ2v) is 8.44. The van der Waals surface area contributed by atoms with Gasteiger partial charge in [0.25, 0.3) is 5.91 Å². The van der Waals surface area contributed by atoms with Gasteiger partial charge in [0.1, 0.15) is 5.75 Å². The number of amides is 1. The number of rotatable bonds is 6. The Labute approximate surface area is 167 Å². The number of ether oxygens (including phenoxy) is 1. The van der Waals surface area contributed by atoms with E-state index in [2.05, 4.69) is 48.2 Å². The van der Waals surface area contributed by atoms with Gasteiger partial charge in [0.05, 0.1) is 30.5 Å². The number of aromatic nitrogens is 2. The predicted octanol–water partition coefficient (Wildman–Crippen LogP) is 3.60. The summed E-state index contributed by atoms with van der Waals surface area (Å²) in [6.45, 7) is 8.90. The highest BCUT2D eigenvalue weighted by molar-refractivity contribution is 5.93. The number of methoxy groups -OCH3 is 1. The van der Waals surface area contributed by atoms with Crippen LogP contribution in [-0.2, 0) is 5.54 Å². The van der Waals surface area contributed by atoms with Gasteiger partial charge in [-0.1, -0.05) is 18.6 Å². The molecule has 6 nitrogen and oxygen atoms in total. The lowest BCUT2D eigenvalue weighted by molar-refractivity contribution is 0.0924. The van der Waals surface area contributed by atoms with E-state index in [1.54, 1.807) is 13.3 Å². The molecule has 0 spiro atoms. The highest BCUT2D eigenvalue weighted by Gasteiger charge is 2.24. The van der Waals surface area contributed by atoms with Gasteiger partial charge in [-0.25, -0.2) is 0 Å². The molecule has 0 unspecified atom stereocenters. The Hall–Kier alpha value is -2.34. The first-order chi connectivity index (χ1) is 13.4. The third kappa shape index (κ3) is 4.93. The van der Waals surface area contributed by atoms with Crippen LogP contribution in [0.5, 0.6) is 5.75 Å². The van der Waals surface area contributed by atoms with Gasteiger partial charge in [0.15, 0.2) is 0 Å². The van der Waals surface area contributed by atoms with E-state index >= 15 is 0 Å². The molecule has 1 aliphatic heterocycles. The van der Waals surface area contributed by atoms with E-state index in [0.29, 0.717) is 12.1 Å². The van der Waals surface area contributed by atoms with Crippen LogP contribution in [0.25, 0.3) is 0 Å². The van der Waals surface area contributed by atoms with Gasteiger partial charge >= 0.3 is 0 Å². The summed E-state index contributed by atoms with van der Waals surface area (Å²) in [5, 5.41) is 7.46. The first-order valence-electron chi connectivity index (χ1n) is 10.1. The topological polar surface area (TPSA) is 59.4 Å². The SMILES string of the molecule is COc1ccc([C@H](CNC(=O)c2cnn(C(C)(C)C)c2)N2CCCCC2)cc1. The smallest absolute Gasteiger partial charge is 0.254 e. The van der Waals surface area contributed by atoms with Crippen LogP contribution in [0, 0.1) is 0 Å². The van der Waals surface area contributed by atoms with Crippen molar-refractivity contribution >= 4 is 5.91 Å². The Kier molecular flexibility index (Phi) is 6.39. The van der Waals surface area contributed by atoms with Crippen molar-refractivity contribution in [2.24, 2.45) is 0 Å². The van der Waals surface area contributed by atoms with Gasteiger partial charge in [-0.05, 0) is 64.4 Å². The van der Waals surface area contributed by atoms with E-state index in [0.717, 1.165) is 18.8 Å². The molecule has 1 saturated heterocycles. The van der Waals surface area contributed by atoms with Gasteiger partial charge in [-0.3, -0.25) is 14.4 Å². The molecule has 1 aliphatic rings. The van der Waals surface area contributed by atoms with E-state index in [1.807, 2.05) is 23.0 Å². The Balaban J connectivity index is 1.71. The van der Waals surface area contributed by atoms with E-state index in [-0.39, 0.29) is 17.5 Å². The summed E-state index contributed by atoms with van der Waals surface area (Å²) in [5.74, 6) is 0.769. The van der Waals surface area contributed by atoms with Crippen LogP contribution in [0.1, 0.15) is 62.0 Å². The minimum atomic E-state index is -0.141. The maximum atomic E-state index is 12.7. The highest BCUT2D eigenvalue weighted by atomic mass is 16.5. The van der Waals surface area contributed by atoms with Crippen LogP contribution in [0.15, 0.2) is 36.7 Å². The molecule has 1 atom stereocenters. The molecule has 1 N–H and O–H groups in total. The molecule has 152 valence electrons. The average molecular weight is 385 g/mol. The molecule has 28 heavy (non-hydrogen) atoms. The molecule has 0 aliphatic carbocycles. The molecule has 1 aromatic heterocycles. The molecule has 0 bridgehead atoms. The number of benzene rings is 1. The Morgan fingerprint density at radius 2 is 1.86 bits per heavy atom. The van der Waals surface area contributed by atoms with E-state index < -0.39 is 0 Å². The van der Waals surface area contributed by atoms with Gasteiger partial charge in [-0.2, -0.15) is 5.10 Å². The first-order valence-corrected chi connectivity index (χ1v) is 10.1. The van der Waals surface area contributed by atoms with Crippen LogP contribution in [0.2, 0.25) is 0 Å². The lowest BCUT2D eigenvalue weighted by atomic mass is 10.0. The molecule has 6 heteroatoms. The summed E-state index contributed by atoms with van der Waals surface area (Å²) >= 11 is 0. The fraction of sp³-hybridized carbons (Fsp3) is 0.545. The fourth-order valence-corrected chi connectivity index (χ4v) is 3.61. The molecule has 0 radical (unpaired) electrons. The minimum absolute atomic E-state index is 0.0778. The summed E-state index contributed by atoms with van der Waals surface area (Å²) in [7, 11) is 1.68. The number of nitrogens with zero attached hydrogens (tertiary/aromatic N) is 3. The second-order valence-electron chi connectivity index (χ2n) is 8.44. The number of hydrogen-bond acceptors (Lipinski definition) is 4. The maximum absolute atomic E-state index is 12.7. The Morgan fingerprint density at radius 3 is 2.43 bits per heavy atom. The zero-order valence-electron chi connectivity index (χ0n) is 17.4. The highest BCUT2D eigenvalue weighted by Crippen LogP contribution is 2.26. The van der Waals surface area contributed by atoms with E-state index in [4.69, 9.17) is 4.74 Å². The van der Waals surface area contributed by atoms with Crippen molar-refractivity contribution in [2.45, 2.75) is 51.6 Å². The van der Waals surface area contributed by atoms with E-state index in [9.17, 15) is 4.79 Å². The zero-order valence-corrected chi connectivity index (χ0v) is 17.4. The van der Waals surface area contributed by atoms with Crippen LogP contribution >= 0.6 is 0 Å². The van der Waals surface area contributed by atoms with Crippen LogP contribution < -0.4 is 10.1 Å². The third-order valence-corrected chi connectivity index (χ3v) is 5.32. The molecule has 2 aromatic rings. The van der Waals surface area contributed by atoms with Crippen molar-refractivity contribution in [2.75, 3.05) is 26.7 Å². The monoisotopic (exact) mass is 384 g/mol. The number of likely N-dealkylation sites (tertiary alicyclic amines) is 1. The number of nitrogens with one attached hydrogen (secondary N) is 1. The molecular weight excluding hydrogens is 352 g/mol. The number of carbonyl (C=O) groups is 1.